The van der Waals surface area contributed by atoms with Crippen LogP contribution < -0.4 is 5.32 Å². The summed E-state index contributed by atoms with van der Waals surface area (Å²) in [7, 11) is 0. The van der Waals surface area contributed by atoms with E-state index in [1.165, 1.54) is 0 Å². The third-order valence-electron chi connectivity index (χ3n) is 1.88. The molecular weight excluding hydrogens is 202 g/mol. The number of carbonyl (C=O) groups excluding carboxylic acids is 1. The Kier molecular flexibility index (Phi) is 4.53. The Morgan fingerprint density at radius 3 is 3.07 bits per heavy atom. The molecule has 1 heterocycles. The number of nitrogens with one attached hydrogen (secondary N) is 1. The van der Waals surface area contributed by atoms with Crippen molar-refractivity contribution in [2.24, 2.45) is 0 Å². The van der Waals surface area contributed by atoms with Crippen LogP contribution in [0, 0.1) is 0 Å². The zero-order valence-corrected chi connectivity index (χ0v) is 8.88. The highest BCUT2D eigenvalue weighted by Crippen LogP contribution is 2.12. The summed E-state index contributed by atoms with van der Waals surface area (Å²) in [5, 5.41) is 2.83. The minimum Gasteiger partial charge on any atom is -0.467 e. The number of furan rings is 1. The minimum absolute atomic E-state index is 0.00884. The molecule has 1 rings (SSSR count). The molecule has 14 heavy (non-hydrogen) atoms. The monoisotopic (exact) mass is 215 g/mol. The van der Waals surface area contributed by atoms with Crippen LogP contribution in [0.5, 0.6) is 0 Å². The number of amides is 1. The van der Waals surface area contributed by atoms with Crippen molar-refractivity contribution in [3.8, 4) is 0 Å². The van der Waals surface area contributed by atoms with Gasteiger partial charge in [0.15, 0.2) is 0 Å². The third kappa shape index (κ3) is 3.42. The summed E-state index contributed by atoms with van der Waals surface area (Å²) in [4.78, 5) is 11.3. The quantitative estimate of drug-likeness (QED) is 0.767. The summed E-state index contributed by atoms with van der Waals surface area (Å²) in [5.74, 6) is 1.29. The van der Waals surface area contributed by atoms with Crippen LogP contribution in [0.25, 0.3) is 0 Å². The largest absolute Gasteiger partial charge is 0.467 e. The number of hydrogen-bond donors (Lipinski definition) is 1. The van der Waals surface area contributed by atoms with Crippen LogP contribution in [-0.4, -0.2) is 11.8 Å². The highest BCUT2D eigenvalue weighted by atomic mass is 35.5. The van der Waals surface area contributed by atoms with E-state index in [4.69, 9.17) is 16.0 Å². The molecule has 0 spiro atoms. The van der Waals surface area contributed by atoms with E-state index < -0.39 is 0 Å². The first-order chi connectivity index (χ1) is 6.74. The molecule has 0 radical (unpaired) electrons. The van der Waals surface area contributed by atoms with Crippen LogP contribution in [0.15, 0.2) is 22.8 Å². The van der Waals surface area contributed by atoms with E-state index in [1.807, 2.05) is 13.0 Å². The fourth-order valence-corrected chi connectivity index (χ4v) is 1.28. The highest BCUT2D eigenvalue weighted by Gasteiger charge is 2.10. The number of alkyl halides is 1. The smallest absolute Gasteiger partial charge is 0.220 e. The number of carbonyl (C=O) groups is 1. The molecule has 1 amide bonds. The van der Waals surface area contributed by atoms with Crippen LogP contribution >= 0.6 is 11.6 Å². The average molecular weight is 216 g/mol. The molecule has 0 aliphatic rings. The van der Waals surface area contributed by atoms with Crippen molar-refractivity contribution >= 4 is 17.5 Å². The van der Waals surface area contributed by atoms with Gasteiger partial charge in [-0.1, -0.05) is 0 Å². The number of hydrogen-bond acceptors (Lipinski definition) is 2. The van der Waals surface area contributed by atoms with Crippen LogP contribution in [0.4, 0.5) is 0 Å². The van der Waals surface area contributed by atoms with Crippen molar-refractivity contribution in [1.82, 2.24) is 5.32 Å². The van der Waals surface area contributed by atoms with Gasteiger partial charge in [0.2, 0.25) is 5.91 Å². The lowest BCUT2D eigenvalue weighted by Gasteiger charge is -2.10. The van der Waals surface area contributed by atoms with Crippen molar-refractivity contribution < 1.29 is 9.21 Å². The molecule has 0 fully saturated rings. The molecule has 0 saturated carbocycles. The van der Waals surface area contributed by atoms with E-state index >= 15 is 0 Å². The predicted octanol–water partition coefficient (Wildman–Crippen LogP) is 2.48. The highest BCUT2D eigenvalue weighted by molar-refractivity contribution is 6.17. The molecule has 1 atom stereocenters. The van der Waals surface area contributed by atoms with Crippen LogP contribution in [0.3, 0.4) is 0 Å². The fraction of sp³-hybridized carbons (Fsp3) is 0.500. The maximum Gasteiger partial charge on any atom is 0.220 e. The molecule has 0 unspecified atom stereocenters. The molecule has 78 valence electrons. The van der Waals surface area contributed by atoms with Gasteiger partial charge in [-0.15, -0.1) is 11.6 Å². The Labute approximate surface area is 88.4 Å². The van der Waals surface area contributed by atoms with Crippen LogP contribution in [0.1, 0.15) is 31.6 Å². The normalized spacial score (nSPS) is 12.4. The second-order valence-corrected chi connectivity index (χ2v) is 3.48. The fourth-order valence-electron chi connectivity index (χ4n) is 1.15. The molecule has 3 nitrogen and oxygen atoms in total. The molecule has 0 bridgehead atoms. The standard InChI is InChI=1S/C10H14ClNO2/c1-8(9-4-3-7-14-9)12-10(13)5-2-6-11/h3-4,7-8H,2,5-6H2,1H3,(H,12,13)/t8-/m1/s1. The molecule has 1 aromatic rings. The Balaban J connectivity index is 2.33. The SMILES string of the molecule is C[C@@H](NC(=O)CCCCl)c1ccco1. The van der Waals surface area contributed by atoms with Crippen LogP contribution in [-0.2, 0) is 4.79 Å². The molecular formula is C10H14ClNO2. The summed E-state index contributed by atoms with van der Waals surface area (Å²) < 4.78 is 5.16. The molecule has 1 N–H and O–H groups in total. The summed E-state index contributed by atoms with van der Waals surface area (Å²) >= 11 is 5.48. The zero-order valence-electron chi connectivity index (χ0n) is 8.13. The van der Waals surface area contributed by atoms with Crippen molar-refractivity contribution in [2.75, 3.05) is 5.88 Å². The Bertz CT molecular complexity index is 272. The van der Waals surface area contributed by atoms with Crippen molar-refractivity contribution in [3.63, 3.8) is 0 Å². The zero-order chi connectivity index (χ0) is 10.4. The topological polar surface area (TPSA) is 42.2 Å². The summed E-state index contributed by atoms with van der Waals surface area (Å²) in [6.07, 6.45) is 2.77. The maximum absolute atomic E-state index is 11.3. The lowest BCUT2D eigenvalue weighted by molar-refractivity contribution is -0.121. The van der Waals surface area contributed by atoms with Gasteiger partial charge in [0.1, 0.15) is 5.76 Å². The molecule has 0 aromatic carbocycles. The Morgan fingerprint density at radius 1 is 1.71 bits per heavy atom. The first kappa shape index (κ1) is 11.1. The summed E-state index contributed by atoms with van der Waals surface area (Å²) in [5.41, 5.74) is 0. The van der Waals surface area contributed by atoms with E-state index in [0.29, 0.717) is 18.7 Å². The van der Waals surface area contributed by atoms with E-state index in [0.717, 1.165) is 5.76 Å². The van der Waals surface area contributed by atoms with Gasteiger partial charge in [0.05, 0.1) is 12.3 Å². The lowest BCUT2D eigenvalue weighted by Crippen LogP contribution is -2.26. The molecule has 4 heteroatoms. The summed E-state index contributed by atoms with van der Waals surface area (Å²) in [6.45, 7) is 1.89. The number of halogens is 1. The van der Waals surface area contributed by atoms with E-state index in [-0.39, 0.29) is 11.9 Å². The van der Waals surface area contributed by atoms with E-state index in [9.17, 15) is 4.79 Å². The van der Waals surface area contributed by atoms with Gasteiger partial charge in [0, 0.05) is 12.3 Å². The molecule has 0 aliphatic heterocycles. The van der Waals surface area contributed by atoms with Gasteiger partial charge in [-0.3, -0.25) is 4.79 Å². The van der Waals surface area contributed by atoms with Crippen molar-refractivity contribution in [2.45, 2.75) is 25.8 Å². The predicted molar refractivity (Wildman–Crippen MR) is 55.2 cm³/mol. The van der Waals surface area contributed by atoms with Crippen molar-refractivity contribution in [3.05, 3.63) is 24.2 Å². The van der Waals surface area contributed by atoms with Gasteiger partial charge in [-0.05, 0) is 25.5 Å². The Hall–Kier alpha value is -0.960. The maximum atomic E-state index is 11.3. The molecule has 1 aromatic heterocycles. The number of rotatable bonds is 5. The van der Waals surface area contributed by atoms with Gasteiger partial charge >= 0.3 is 0 Å². The Morgan fingerprint density at radius 2 is 2.50 bits per heavy atom. The van der Waals surface area contributed by atoms with Gasteiger partial charge in [0.25, 0.3) is 0 Å². The molecule has 0 saturated heterocycles. The minimum atomic E-state index is -0.0761. The van der Waals surface area contributed by atoms with Crippen molar-refractivity contribution in [1.29, 1.82) is 0 Å². The third-order valence-corrected chi connectivity index (χ3v) is 2.15. The van der Waals surface area contributed by atoms with Gasteiger partial charge in [-0.25, -0.2) is 0 Å². The second-order valence-electron chi connectivity index (χ2n) is 3.10. The second kappa shape index (κ2) is 5.70. The first-order valence-electron chi connectivity index (χ1n) is 4.62. The molecule has 0 aliphatic carbocycles. The summed E-state index contributed by atoms with van der Waals surface area (Å²) in [6, 6.07) is 3.57. The van der Waals surface area contributed by atoms with E-state index in [1.54, 1.807) is 12.3 Å². The lowest BCUT2D eigenvalue weighted by atomic mass is 10.2. The van der Waals surface area contributed by atoms with Gasteiger partial charge in [-0.2, -0.15) is 0 Å². The van der Waals surface area contributed by atoms with Gasteiger partial charge < -0.3 is 9.73 Å². The first-order valence-corrected chi connectivity index (χ1v) is 5.16. The van der Waals surface area contributed by atoms with E-state index in [2.05, 4.69) is 5.32 Å². The van der Waals surface area contributed by atoms with Crippen LogP contribution in [0.2, 0.25) is 0 Å². The average Bonchev–Trinajstić information content (AvgIpc) is 2.67.